The summed E-state index contributed by atoms with van der Waals surface area (Å²) in [6.07, 6.45) is 3.94. The molecule has 0 aromatic rings. The van der Waals surface area contributed by atoms with E-state index in [1.807, 2.05) is 27.7 Å². The van der Waals surface area contributed by atoms with Crippen molar-refractivity contribution in [2.45, 2.75) is 64.5 Å². The second-order valence-electron chi connectivity index (χ2n) is 12.4. The minimum Gasteiger partial charge on any atom is -0.481 e. The van der Waals surface area contributed by atoms with E-state index in [0.29, 0.717) is 56.7 Å². The van der Waals surface area contributed by atoms with E-state index in [0.717, 1.165) is 0 Å². The van der Waals surface area contributed by atoms with Crippen LogP contribution in [0.1, 0.15) is 59.8 Å². The molecule has 2 aliphatic rings. The highest BCUT2D eigenvalue weighted by Crippen LogP contribution is 2.52. The van der Waals surface area contributed by atoms with Crippen molar-refractivity contribution in [1.82, 2.24) is 21.3 Å². The van der Waals surface area contributed by atoms with E-state index in [9.17, 15) is 39.0 Å². The number of carbonyl (C=O) groups is 6. The molecule has 2 bridgehead atoms. The molecule has 6 N–H and O–H groups in total. The molecule has 1 heterocycles. The van der Waals surface area contributed by atoms with Gasteiger partial charge < -0.3 is 31.5 Å². The van der Waals surface area contributed by atoms with Crippen LogP contribution in [0.5, 0.6) is 0 Å². The van der Waals surface area contributed by atoms with Gasteiger partial charge in [-0.25, -0.2) is 0 Å². The highest BCUT2D eigenvalue weighted by Gasteiger charge is 2.52. The zero-order valence-electron chi connectivity index (χ0n) is 26.7. The summed E-state index contributed by atoms with van der Waals surface area (Å²) in [4.78, 5) is 74.4. The highest BCUT2D eigenvalue weighted by atomic mass is 32.2. The molecule has 12 nitrogen and oxygen atoms in total. The van der Waals surface area contributed by atoms with Crippen LogP contribution in [-0.4, -0.2) is 82.7 Å². The van der Waals surface area contributed by atoms with E-state index >= 15 is 0 Å². The number of fused-ring (bicyclic) bond motifs is 2. The summed E-state index contributed by atoms with van der Waals surface area (Å²) < 4.78 is -0.796. The van der Waals surface area contributed by atoms with Gasteiger partial charge in [0.25, 0.3) is 0 Å². The van der Waals surface area contributed by atoms with Crippen LogP contribution >= 0.6 is 23.5 Å². The fourth-order valence-corrected chi connectivity index (χ4v) is 9.19. The van der Waals surface area contributed by atoms with Gasteiger partial charge in [-0.2, -0.15) is 11.8 Å². The van der Waals surface area contributed by atoms with E-state index in [2.05, 4.69) is 21.3 Å². The average molecular weight is 671 g/mol. The molecule has 254 valence electrons. The standard InChI is InChI=1S/C31H50N4O8S2/c1-19-13-23(27(38)34-8-11-44-10-7-33-18-37)15-26(30(42)43)22(4)31(5-6-32-17-36)21(3)25(28(39)35-9-12-45-31)16-24(29(40)41)14-20(19)2/h7,10,17-26H,5-6,8-9,11-16H2,1-4H3,(H,32,36)(H,33,37)(H,34,38)(H,35,39)(H,40,41)(H,42,43). The van der Waals surface area contributed by atoms with Crippen molar-refractivity contribution in [3.8, 4) is 0 Å². The number of hydrogen-bond donors (Lipinski definition) is 6. The lowest BCUT2D eigenvalue weighted by Gasteiger charge is -2.49. The molecule has 1 aliphatic heterocycles. The summed E-state index contributed by atoms with van der Waals surface area (Å²) in [5, 5.41) is 33.7. The van der Waals surface area contributed by atoms with Crippen LogP contribution in [-0.2, 0) is 28.8 Å². The Kier molecular flexibility index (Phi) is 16.3. The van der Waals surface area contributed by atoms with Gasteiger partial charge in [0, 0.05) is 53.9 Å². The molecule has 4 amide bonds. The highest BCUT2D eigenvalue weighted by molar-refractivity contribution is 8.02. The smallest absolute Gasteiger partial charge is 0.306 e. The molecular weight excluding hydrogens is 620 g/mol. The van der Waals surface area contributed by atoms with Crippen LogP contribution in [0.2, 0.25) is 0 Å². The molecule has 0 aromatic carbocycles. The number of carboxylic acid groups (broad SMARTS) is 2. The lowest BCUT2D eigenvalue weighted by Crippen LogP contribution is -2.54. The maximum absolute atomic E-state index is 13.6. The van der Waals surface area contributed by atoms with Crippen LogP contribution in [0, 0.1) is 47.3 Å². The normalized spacial score (nSPS) is 33.1. The third kappa shape index (κ3) is 10.9. The van der Waals surface area contributed by atoms with Crippen LogP contribution in [0.15, 0.2) is 11.6 Å². The first-order chi connectivity index (χ1) is 21.4. The van der Waals surface area contributed by atoms with Gasteiger partial charge in [-0.3, -0.25) is 28.8 Å². The Morgan fingerprint density at radius 1 is 0.956 bits per heavy atom. The molecule has 2 fully saturated rings. The van der Waals surface area contributed by atoms with Crippen LogP contribution in [0.25, 0.3) is 0 Å². The summed E-state index contributed by atoms with van der Waals surface area (Å²) in [5.74, 6) is -5.59. The zero-order chi connectivity index (χ0) is 33.6. The van der Waals surface area contributed by atoms with Gasteiger partial charge in [-0.1, -0.05) is 27.7 Å². The van der Waals surface area contributed by atoms with E-state index in [1.165, 1.54) is 18.0 Å². The number of thioether (sulfide) groups is 2. The molecule has 0 aromatic heterocycles. The molecule has 1 aliphatic carbocycles. The van der Waals surface area contributed by atoms with Gasteiger partial charge >= 0.3 is 11.9 Å². The first-order valence-corrected chi connectivity index (χ1v) is 17.7. The maximum atomic E-state index is 13.6. The molecule has 9 atom stereocenters. The van der Waals surface area contributed by atoms with E-state index < -0.39 is 52.2 Å². The van der Waals surface area contributed by atoms with Gasteiger partial charge in [0.05, 0.1) is 11.8 Å². The summed E-state index contributed by atoms with van der Waals surface area (Å²) in [6.45, 7) is 8.66. The minimum absolute atomic E-state index is 0.0869. The quantitative estimate of drug-likeness (QED) is 0.125. The first kappa shape index (κ1) is 38.4. The van der Waals surface area contributed by atoms with Crippen molar-refractivity contribution in [2.24, 2.45) is 47.3 Å². The second kappa shape index (κ2) is 19.0. The number of rotatable bonds is 13. The zero-order valence-corrected chi connectivity index (χ0v) is 28.3. The lowest BCUT2D eigenvalue weighted by atomic mass is 9.66. The number of aliphatic carboxylic acids is 2. The third-order valence-corrected chi connectivity index (χ3v) is 12.5. The summed E-state index contributed by atoms with van der Waals surface area (Å²) in [6, 6.07) is 0. The van der Waals surface area contributed by atoms with Gasteiger partial charge in [-0.05, 0) is 61.2 Å². The fourth-order valence-electron chi connectivity index (χ4n) is 6.97. The summed E-state index contributed by atoms with van der Waals surface area (Å²) >= 11 is 2.98. The van der Waals surface area contributed by atoms with Crippen LogP contribution in [0.4, 0.5) is 0 Å². The molecular formula is C31H50N4O8S2. The largest absolute Gasteiger partial charge is 0.481 e. The number of amides is 4. The lowest BCUT2D eigenvalue weighted by molar-refractivity contribution is -0.146. The Morgan fingerprint density at radius 3 is 2.27 bits per heavy atom. The van der Waals surface area contributed by atoms with Gasteiger partial charge in [0.15, 0.2) is 0 Å². The maximum Gasteiger partial charge on any atom is 0.306 e. The number of nitrogens with one attached hydrogen (secondary N) is 4. The molecule has 1 saturated carbocycles. The Bertz CT molecular complexity index is 1060. The van der Waals surface area contributed by atoms with Crippen molar-refractivity contribution >= 4 is 60.1 Å². The Balaban J connectivity index is 2.58. The molecule has 45 heavy (non-hydrogen) atoms. The van der Waals surface area contributed by atoms with E-state index in [1.54, 1.807) is 17.2 Å². The van der Waals surface area contributed by atoms with Crippen LogP contribution < -0.4 is 21.3 Å². The SMILES string of the molecule is CC1CC(C(=O)O)CC2C(=O)NCCSC(CCNC=O)(C(C)C(C(=O)O)CC(C(=O)NCCSC=CNC=O)CC1C)C2C. The van der Waals surface area contributed by atoms with Crippen molar-refractivity contribution < 1.29 is 39.0 Å². The van der Waals surface area contributed by atoms with Crippen molar-refractivity contribution in [2.75, 3.05) is 31.1 Å². The second-order valence-corrected chi connectivity index (χ2v) is 14.9. The Labute approximate surface area is 274 Å². The molecule has 2 rings (SSSR count). The summed E-state index contributed by atoms with van der Waals surface area (Å²) in [7, 11) is 0. The van der Waals surface area contributed by atoms with Gasteiger partial charge in [-0.15, -0.1) is 11.8 Å². The van der Waals surface area contributed by atoms with Crippen LogP contribution in [0.3, 0.4) is 0 Å². The first-order valence-electron chi connectivity index (χ1n) is 15.7. The Morgan fingerprint density at radius 2 is 1.64 bits per heavy atom. The topological polar surface area (TPSA) is 191 Å². The average Bonchev–Trinajstić information content (AvgIpc) is 3.00. The monoisotopic (exact) mass is 670 g/mol. The van der Waals surface area contributed by atoms with E-state index in [4.69, 9.17) is 0 Å². The van der Waals surface area contributed by atoms with Crippen molar-refractivity contribution in [3.63, 3.8) is 0 Å². The van der Waals surface area contributed by atoms with Gasteiger partial charge in [0.1, 0.15) is 0 Å². The Hall–Kier alpha value is -2.74. The molecule has 9 unspecified atom stereocenters. The molecule has 0 radical (unpaired) electrons. The van der Waals surface area contributed by atoms with Crippen molar-refractivity contribution in [3.05, 3.63) is 11.6 Å². The summed E-state index contributed by atoms with van der Waals surface area (Å²) in [5.41, 5.74) is 0. The predicted molar refractivity (Wildman–Crippen MR) is 175 cm³/mol. The van der Waals surface area contributed by atoms with Crippen molar-refractivity contribution in [1.29, 1.82) is 0 Å². The molecule has 0 spiro atoms. The van der Waals surface area contributed by atoms with Gasteiger partial charge in [0.2, 0.25) is 24.6 Å². The minimum atomic E-state index is -1.03. The number of hydrogen-bond acceptors (Lipinski definition) is 8. The fraction of sp³-hybridized carbons (Fsp3) is 0.742. The molecule has 14 heteroatoms. The third-order valence-electron chi connectivity index (χ3n) is 9.85. The number of carbonyl (C=O) groups excluding carboxylic acids is 4. The molecule has 1 saturated heterocycles. The predicted octanol–water partition coefficient (Wildman–Crippen LogP) is 2.54. The number of carboxylic acids is 2. The van der Waals surface area contributed by atoms with E-state index in [-0.39, 0.29) is 43.0 Å².